The highest BCUT2D eigenvalue weighted by Gasteiger charge is 2.01. The Kier molecular flexibility index (Phi) is 2.17. The van der Waals surface area contributed by atoms with Crippen LogP contribution in [0.2, 0.25) is 5.15 Å². The van der Waals surface area contributed by atoms with E-state index in [0.29, 0.717) is 11.7 Å². The molecule has 0 atom stereocenters. The maximum atomic E-state index is 5.97. The van der Waals surface area contributed by atoms with Gasteiger partial charge in [0, 0.05) is 11.9 Å². The highest BCUT2D eigenvalue weighted by molar-refractivity contribution is 6.34. The Hall–Kier alpha value is -1.12. The average Bonchev–Trinajstić information content (AvgIpc) is 2.18. The third-order valence-corrected chi connectivity index (χ3v) is 2.24. The predicted octanol–water partition coefficient (Wildman–Crippen LogP) is 2.35. The Morgan fingerprint density at radius 2 is 2.08 bits per heavy atom. The van der Waals surface area contributed by atoms with Crippen molar-refractivity contribution in [3.63, 3.8) is 0 Å². The molecule has 0 fully saturated rings. The van der Waals surface area contributed by atoms with E-state index in [4.69, 9.17) is 17.3 Å². The van der Waals surface area contributed by atoms with Gasteiger partial charge in [-0.15, -0.1) is 0 Å². The summed E-state index contributed by atoms with van der Waals surface area (Å²) in [6.45, 7) is 0.421. The van der Waals surface area contributed by atoms with E-state index >= 15 is 0 Å². The van der Waals surface area contributed by atoms with Crippen LogP contribution in [0.3, 0.4) is 0 Å². The maximum Gasteiger partial charge on any atom is 0.137 e. The van der Waals surface area contributed by atoms with E-state index < -0.39 is 0 Å². The van der Waals surface area contributed by atoms with Gasteiger partial charge in [-0.1, -0.05) is 35.9 Å². The molecule has 0 radical (unpaired) electrons. The van der Waals surface area contributed by atoms with Crippen LogP contribution in [0.15, 0.2) is 30.3 Å². The fourth-order valence-electron chi connectivity index (χ4n) is 1.31. The Morgan fingerprint density at radius 1 is 1.31 bits per heavy atom. The zero-order valence-electron chi connectivity index (χ0n) is 7.00. The Bertz CT molecular complexity index is 440. The topological polar surface area (TPSA) is 38.9 Å². The summed E-state index contributed by atoms with van der Waals surface area (Å²) in [4.78, 5) is 4.16. The third kappa shape index (κ3) is 1.50. The van der Waals surface area contributed by atoms with Crippen LogP contribution < -0.4 is 5.73 Å². The van der Waals surface area contributed by atoms with Crippen molar-refractivity contribution in [3.05, 3.63) is 41.2 Å². The van der Waals surface area contributed by atoms with Crippen molar-refractivity contribution < 1.29 is 0 Å². The van der Waals surface area contributed by atoms with E-state index in [9.17, 15) is 0 Å². The number of nitrogens with zero attached hydrogens (tertiary/aromatic N) is 1. The van der Waals surface area contributed by atoms with Gasteiger partial charge in [-0.05, 0) is 11.5 Å². The number of hydrogen-bond donors (Lipinski definition) is 1. The number of nitrogens with two attached hydrogens (primary N) is 1. The molecule has 0 saturated carbocycles. The van der Waals surface area contributed by atoms with Crippen molar-refractivity contribution >= 4 is 22.4 Å². The monoisotopic (exact) mass is 192 g/mol. The quantitative estimate of drug-likeness (QED) is 0.705. The molecule has 1 heterocycles. The summed E-state index contributed by atoms with van der Waals surface area (Å²) in [6, 6.07) is 9.82. The van der Waals surface area contributed by atoms with Gasteiger partial charge in [0.05, 0.1) is 5.69 Å². The van der Waals surface area contributed by atoms with Crippen molar-refractivity contribution in [2.75, 3.05) is 0 Å². The molecular weight excluding hydrogens is 184 g/mol. The molecule has 0 aliphatic heterocycles. The van der Waals surface area contributed by atoms with Crippen molar-refractivity contribution in [1.82, 2.24) is 4.98 Å². The summed E-state index contributed by atoms with van der Waals surface area (Å²) < 4.78 is 0. The molecule has 2 aromatic rings. The summed E-state index contributed by atoms with van der Waals surface area (Å²) in [7, 11) is 0. The molecule has 0 saturated heterocycles. The molecule has 66 valence electrons. The molecule has 3 heteroatoms. The fraction of sp³-hybridized carbons (Fsp3) is 0.100. The molecule has 2 N–H and O–H groups in total. The number of benzene rings is 1. The van der Waals surface area contributed by atoms with Crippen LogP contribution in [0.5, 0.6) is 0 Å². The van der Waals surface area contributed by atoms with Gasteiger partial charge in [-0.25, -0.2) is 4.98 Å². The fourth-order valence-corrected chi connectivity index (χ4v) is 1.59. The molecule has 0 unspecified atom stereocenters. The highest BCUT2D eigenvalue weighted by atomic mass is 35.5. The van der Waals surface area contributed by atoms with Gasteiger partial charge in [-0.2, -0.15) is 0 Å². The molecule has 1 aromatic carbocycles. The predicted molar refractivity (Wildman–Crippen MR) is 54.6 cm³/mol. The first-order chi connectivity index (χ1) is 6.31. The second kappa shape index (κ2) is 3.32. The van der Waals surface area contributed by atoms with Crippen molar-refractivity contribution in [1.29, 1.82) is 0 Å². The number of halogens is 1. The molecular formula is C10H9ClN2. The van der Waals surface area contributed by atoms with Crippen molar-refractivity contribution in [2.45, 2.75) is 6.54 Å². The summed E-state index contributed by atoms with van der Waals surface area (Å²) in [6.07, 6.45) is 0. The van der Waals surface area contributed by atoms with Gasteiger partial charge in [0.25, 0.3) is 0 Å². The van der Waals surface area contributed by atoms with E-state index in [0.717, 1.165) is 16.5 Å². The first kappa shape index (κ1) is 8.48. The Balaban J connectivity index is 2.77. The van der Waals surface area contributed by atoms with Gasteiger partial charge in [0.15, 0.2) is 0 Å². The lowest BCUT2D eigenvalue weighted by atomic mass is 10.1. The molecule has 2 rings (SSSR count). The largest absolute Gasteiger partial charge is 0.325 e. The first-order valence-electron chi connectivity index (χ1n) is 4.05. The van der Waals surface area contributed by atoms with Crippen LogP contribution in [0, 0.1) is 0 Å². The van der Waals surface area contributed by atoms with E-state index in [1.807, 2.05) is 30.3 Å². The van der Waals surface area contributed by atoms with Gasteiger partial charge in [0.2, 0.25) is 0 Å². The highest BCUT2D eigenvalue weighted by Crippen LogP contribution is 2.21. The molecule has 0 spiro atoms. The summed E-state index contributed by atoms with van der Waals surface area (Å²) in [5, 5.41) is 2.59. The van der Waals surface area contributed by atoms with Gasteiger partial charge < -0.3 is 5.73 Å². The summed E-state index contributed by atoms with van der Waals surface area (Å²) in [5.74, 6) is 0. The van der Waals surface area contributed by atoms with E-state index in [1.54, 1.807) is 0 Å². The number of rotatable bonds is 1. The normalized spacial score (nSPS) is 10.6. The number of hydrogen-bond acceptors (Lipinski definition) is 2. The summed E-state index contributed by atoms with van der Waals surface area (Å²) in [5.41, 5.74) is 6.31. The zero-order chi connectivity index (χ0) is 9.26. The smallest absolute Gasteiger partial charge is 0.137 e. The van der Waals surface area contributed by atoms with Crippen LogP contribution in [0.25, 0.3) is 10.8 Å². The van der Waals surface area contributed by atoms with E-state index in [1.165, 1.54) is 0 Å². The van der Waals surface area contributed by atoms with Crippen molar-refractivity contribution in [3.8, 4) is 0 Å². The Labute approximate surface area is 81.3 Å². The molecule has 0 aliphatic carbocycles. The lowest BCUT2D eigenvalue weighted by Crippen LogP contribution is -1.99. The first-order valence-corrected chi connectivity index (χ1v) is 4.43. The average molecular weight is 193 g/mol. The van der Waals surface area contributed by atoms with Crippen LogP contribution in [-0.4, -0.2) is 4.98 Å². The lowest BCUT2D eigenvalue weighted by Gasteiger charge is -2.02. The zero-order valence-corrected chi connectivity index (χ0v) is 7.75. The molecule has 1 aromatic heterocycles. The molecule has 2 nitrogen and oxygen atoms in total. The van der Waals surface area contributed by atoms with Gasteiger partial charge in [-0.3, -0.25) is 0 Å². The van der Waals surface area contributed by atoms with Gasteiger partial charge in [0.1, 0.15) is 5.15 Å². The lowest BCUT2D eigenvalue weighted by molar-refractivity contribution is 0.998. The number of pyridine rings is 1. The second-order valence-electron chi connectivity index (χ2n) is 2.83. The minimum atomic E-state index is 0.421. The van der Waals surface area contributed by atoms with Crippen molar-refractivity contribution in [2.24, 2.45) is 5.73 Å². The Morgan fingerprint density at radius 3 is 2.85 bits per heavy atom. The molecule has 13 heavy (non-hydrogen) atoms. The second-order valence-corrected chi connectivity index (χ2v) is 3.19. The van der Waals surface area contributed by atoms with E-state index in [2.05, 4.69) is 4.98 Å². The van der Waals surface area contributed by atoms with Crippen LogP contribution >= 0.6 is 11.6 Å². The SMILES string of the molecule is NCc1cc2ccccc2c(Cl)n1. The third-order valence-electron chi connectivity index (χ3n) is 1.96. The van der Waals surface area contributed by atoms with Crippen LogP contribution in [-0.2, 0) is 6.54 Å². The van der Waals surface area contributed by atoms with Crippen LogP contribution in [0.1, 0.15) is 5.69 Å². The van der Waals surface area contributed by atoms with E-state index in [-0.39, 0.29) is 0 Å². The van der Waals surface area contributed by atoms with Crippen LogP contribution in [0.4, 0.5) is 0 Å². The molecule has 0 bridgehead atoms. The number of aromatic nitrogens is 1. The summed E-state index contributed by atoms with van der Waals surface area (Å²) >= 11 is 5.97. The number of fused-ring (bicyclic) bond motifs is 1. The standard InChI is InChI=1S/C10H9ClN2/c11-10-9-4-2-1-3-7(9)5-8(6-12)13-10/h1-5H,6,12H2. The molecule has 0 aliphatic rings. The minimum Gasteiger partial charge on any atom is -0.325 e. The molecule has 0 amide bonds. The maximum absolute atomic E-state index is 5.97. The van der Waals surface area contributed by atoms with Gasteiger partial charge >= 0.3 is 0 Å². The minimum absolute atomic E-state index is 0.421.